The van der Waals surface area contributed by atoms with Crippen molar-refractivity contribution < 1.29 is 9.18 Å². The first-order valence-corrected chi connectivity index (χ1v) is 6.19. The van der Waals surface area contributed by atoms with Crippen LogP contribution in [0.4, 0.5) is 4.39 Å². The van der Waals surface area contributed by atoms with Crippen molar-refractivity contribution in [2.24, 2.45) is 0 Å². The zero-order valence-electron chi connectivity index (χ0n) is 8.10. The molecule has 0 saturated carbocycles. The second-order valence-electron chi connectivity index (χ2n) is 3.19. The van der Waals surface area contributed by atoms with E-state index < -0.39 is 5.82 Å². The fourth-order valence-electron chi connectivity index (χ4n) is 1.23. The number of alkyl halides is 1. The minimum atomic E-state index is -0.419. The average molecular weight is 294 g/mol. The Morgan fingerprint density at radius 1 is 1.40 bits per heavy atom. The fraction of sp³-hybridized carbons (Fsp3) is 0.364. The van der Waals surface area contributed by atoms with Crippen molar-refractivity contribution in [3.63, 3.8) is 0 Å². The second-order valence-corrected chi connectivity index (χ2v) is 4.39. The number of benzene rings is 1. The number of Topliss-reactive ketones (excluding diaryl/α,β-unsaturated/α-hetero) is 1. The SMILES string of the molecule is O=C(CCCCBr)c1ccc(F)cc1Cl. The normalized spacial score (nSPS) is 10.3. The third-order valence-electron chi connectivity index (χ3n) is 2.02. The van der Waals surface area contributed by atoms with Gasteiger partial charge < -0.3 is 0 Å². The quantitative estimate of drug-likeness (QED) is 0.451. The molecule has 0 heterocycles. The zero-order valence-corrected chi connectivity index (χ0v) is 10.4. The van der Waals surface area contributed by atoms with Crippen molar-refractivity contribution in [3.8, 4) is 0 Å². The monoisotopic (exact) mass is 292 g/mol. The number of unbranched alkanes of at least 4 members (excludes halogenated alkanes) is 1. The lowest BCUT2D eigenvalue weighted by atomic mass is 10.1. The highest BCUT2D eigenvalue weighted by molar-refractivity contribution is 9.09. The molecule has 4 heteroatoms. The van der Waals surface area contributed by atoms with Crippen LogP contribution in [0.25, 0.3) is 0 Å². The lowest BCUT2D eigenvalue weighted by molar-refractivity contribution is 0.0980. The summed E-state index contributed by atoms with van der Waals surface area (Å²) < 4.78 is 12.7. The highest BCUT2D eigenvalue weighted by Crippen LogP contribution is 2.19. The van der Waals surface area contributed by atoms with Crippen LogP contribution in [0.5, 0.6) is 0 Å². The van der Waals surface area contributed by atoms with Gasteiger partial charge in [-0.05, 0) is 31.0 Å². The molecule has 1 aromatic carbocycles. The Labute approximate surface area is 102 Å². The van der Waals surface area contributed by atoms with Crippen LogP contribution in [0.3, 0.4) is 0 Å². The van der Waals surface area contributed by atoms with Crippen LogP contribution < -0.4 is 0 Å². The van der Waals surface area contributed by atoms with E-state index in [2.05, 4.69) is 15.9 Å². The third kappa shape index (κ3) is 3.92. The summed E-state index contributed by atoms with van der Waals surface area (Å²) in [4.78, 5) is 11.6. The van der Waals surface area contributed by atoms with Crippen molar-refractivity contribution in [1.82, 2.24) is 0 Å². The summed E-state index contributed by atoms with van der Waals surface area (Å²) in [6.45, 7) is 0. The molecule has 0 aliphatic carbocycles. The van der Waals surface area contributed by atoms with Crippen LogP contribution in [0.15, 0.2) is 18.2 Å². The number of halogens is 3. The first-order chi connectivity index (χ1) is 7.15. The Kier molecular flexibility index (Phi) is 5.26. The van der Waals surface area contributed by atoms with Gasteiger partial charge in [-0.2, -0.15) is 0 Å². The van der Waals surface area contributed by atoms with Crippen molar-refractivity contribution in [1.29, 1.82) is 0 Å². The zero-order chi connectivity index (χ0) is 11.3. The molecule has 0 unspecified atom stereocenters. The Morgan fingerprint density at radius 2 is 2.13 bits per heavy atom. The summed E-state index contributed by atoms with van der Waals surface area (Å²) in [5, 5.41) is 1.08. The first kappa shape index (κ1) is 12.7. The van der Waals surface area contributed by atoms with Crippen LogP contribution in [-0.4, -0.2) is 11.1 Å². The molecule has 0 amide bonds. The van der Waals surface area contributed by atoms with E-state index in [-0.39, 0.29) is 10.8 Å². The summed E-state index contributed by atoms with van der Waals surface area (Å²) in [5.74, 6) is -0.446. The van der Waals surface area contributed by atoms with Gasteiger partial charge in [0.2, 0.25) is 0 Å². The molecule has 0 spiro atoms. The van der Waals surface area contributed by atoms with E-state index in [1.807, 2.05) is 0 Å². The van der Waals surface area contributed by atoms with Gasteiger partial charge >= 0.3 is 0 Å². The van der Waals surface area contributed by atoms with Crippen LogP contribution >= 0.6 is 27.5 Å². The largest absolute Gasteiger partial charge is 0.294 e. The Bertz CT molecular complexity index is 354. The van der Waals surface area contributed by atoms with Crippen LogP contribution in [0.1, 0.15) is 29.6 Å². The number of ketones is 1. The van der Waals surface area contributed by atoms with Gasteiger partial charge in [0.25, 0.3) is 0 Å². The molecule has 0 saturated heterocycles. The number of hydrogen-bond donors (Lipinski definition) is 0. The lowest BCUT2D eigenvalue weighted by Gasteiger charge is -2.02. The number of carbonyl (C=O) groups excluding carboxylic acids is 1. The minimum absolute atomic E-state index is 0.0269. The van der Waals surface area contributed by atoms with Gasteiger partial charge in [0.1, 0.15) is 5.82 Å². The van der Waals surface area contributed by atoms with Gasteiger partial charge in [0.15, 0.2) is 5.78 Å². The van der Waals surface area contributed by atoms with E-state index in [1.54, 1.807) is 0 Å². The Morgan fingerprint density at radius 3 is 2.73 bits per heavy atom. The third-order valence-corrected chi connectivity index (χ3v) is 2.89. The Balaban J connectivity index is 2.65. The van der Waals surface area contributed by atoms with Gasteiger partial charge in [-0.1, -0.05) is 27.5 Å². The maximum absolute atomic E-state index is 12.7. The van der Waals surface area contributed by atoms with Crippen molar-refractivity contribution >= 4 is 33.3 Å². The summed E-state index contributed by atoms with van der Waals surface area (Å²) in [7, 11) is 0. The van der Waals surface area contributed by atoms with Gasteiger partial charge in [0.05, 0.1) is 5.02 Å². The van der Waals surface area contributed by atoms with E-state index in [0.29, 0.717) is 12.0 Å². The Hall–Kier alpha value is -0.410. The highest BCUT2D eigenvalue weighted by Gasteiger charge is 2.10. The van der Waals surface area contributed by atoms with E-state index >= 15 is 0 Å². The van der Waals surface area contributed by atoms with Gasteiger partial charge in [0, 0.05) is 17.3 Å². The summed E-state index contributed by atoms with van der Waals surface area (Å²) >= 11 is 9.06. The van der Waals surface area contributed by atoms with Crippen LogP contribution in [-0.2, 0) is 0 Å². The predicted molar refractivity (Wildman–Crippen MR) is 63.4 cm³/mol. The molecule has 82 valence electrons. The molecule has 0 aromatic heterocycles. The minimum Gasteiger partial charge on any atom is -0.294 e. The van der Waals surface area contributed by atoms with Gasteiger partial charge in [-0.15, -0.1) is 0 Å². The summed E-state index contributed by atoms with van der Waals surface area (Å²) in [5.41, 5.74) is 0.410. The van der Waals surface area contributed by atoms with Crippen LogP contribution in [0.2, 0.25) is 5.02 Å². The molecular weight excluding hydrogens is 282 g/mol. The topological polar surface area (TPSA) is 17.1 Å². The molecule has 0 fully saturated rings. The van der Waals surface area contributed by atoms with E-state index in [1.165, 1.54) is 18.2 Å². The molecule has 1 rings (SSSR count). The van der Waals surface area contributed by atoms with Crippen molar-refractivity contribution in [3.05, 3.63) is 34.6 Å². The maximum atomic E-state index is 12.7. The van der Waals surface area contributed by atoms with Crippen LogP contribution in [0, 0.1) is 5.82 Å². The van der Waals surface area contributed by atoms with Gasteiger partial charge in [-0.3, -0.25) is 4.79 Å². The lowest BCUT2D eigenvalue weighted by Crippen LogP contribution is -2.00. The average Bonchev–Trinajstić information content (AvgIpc) is 2.17. The highest BCUT2D eigenvalue weighted by atomic mass is 79.9. The smallest absolute Gasteiger partial charge is 0.164 e. The maximum Gasteiger partial charge on any atom is 0.164 e. The van der Waals surface area contributed by atoms with E-state index in [9.17, 15) is 9.18 Å². The van der Waals surface area contributed by atoms with Crippen molar-refractivity contribution in [2.75, 3.05) is 5.33 Å². The molecule has 0 atom stereocenters. The standard InChI is InChI=1S/C11H11BrClFO/c12-6-2-1-3-11(15)9-5-4-8(14)7-10(9)13/h4-5,7H,1-3,6H2. The molecule has 1 nitrogen and oxygen atoms in total. The number of hydrogen-bond acceptors (Lipinski definition) is 1. The molecule has 0 bridgehead atoms. The summed E-state index contributed by atoms with van der Waals surface area (Å²) in [6, 6.07) is 3.86. The number of rotatable bonds is 5. The second kappa shape index (κ2) is 6.23. The molecule has 15 heavy (non-hydrogen) atoms. The molecule has 1 aromatic rings. The van der Waals surface area contributed by atoms with E-state index in [4.69, 9.17) is 11.6 Å². The summed E-state index contributed by atoms with van der Waals surface area (Å²) in [6.07, 6.45) is 2.22. The van der Waals surface area contributed by atoms with Gasteiger partial charge in [-0.25, -0.2) is 4.39 Å². The first-order valence-electron chi connectivity index (χ1n) is 4.69. The molecule has 0 aliphatic rings. The molecule has 0 radical (unpaired) electrons. The van der Waals surface area contributed by atoms with Crippen molar-refractivity contribution in [2.45, 2.75) is 19.3 Å². The van der Waals surface area contributed by atoms with E-state index in [0.717, 1.165) is 18.2 Å². The fourth-order valence-corrected chi connectivity index (χ4v) is 1.90. The predicted octanol–water partition coefficient (Wildman–Crippen LogP) is 4.23. The molecule has 0 aliphatic heterocycles. The molecular formula is C11H11BrClFO. The number of carbonyl (C=O) groups is 1. The molecule has 0 N–H and O–H groups in total.